The Morgan fingerprint density at radius 2 is 2.21 bits per heavy atom. The molecule has 3 heterocycles. The summed E-state index contributed by atoms with van der Waals surface area (Å²) in [5.74, 6) is 0.785. The van der Waals surface area contributed by atoms with Gasteiger partial charge in [-0.15, -0.1) is 0 Å². The van der Waals surface area contributed by atoms with Gasteiger partial charge in [-0.25, -0.2) is 4.98 Å². The van der Waals surface area contributed by atoms with E-state index in [1.165, 1.54) is 0 Å². The summed E-state index contributed by atoms with van der Waals surface area (Å²) in [6.07, 6.45) is 0. The lowest BCUT2D eigenvalue weighted by Crippen LogP contribution is -2.41. The first-order valence-electron chi connectivity index (χ1n) is 8.26. The maximum Gasteiger partial charge on any atom is 0.227 e. The molecule has 0 unspecified atom stereocenters. The number of nitrogens with zero attached hydrogens (tertiary/aromatic N) is 2. The number of nitrogens with one attached hydrogen (secondary N) is 1. The molecule has 0 aliphatic carbocycles. The Balaban J connectivity index is 1.58. The van der Waals surface area contributed by atoms with E-state index in [0.29, 0.717) is 19.8 Å². The fraction of sp³-hybridized carbons (Fsp3) is 0.444. The molecule has 2 atom stereocenters. The van der Waals surface area contributed by atoms with Gasteiger partial charge in [-0.1, -0.05) is 18.2 Å². The zero-order valence-electron chi connectivity index (χ0n) is 13.7. The van der Waals surface area contributed by atoms with Gasteiger partial charge < -0.3 is 14.8 Å². The lowest BCUT2D eigenvalue weighted by atomic mass is 10.1. The normalized spacial score (nSPS) is 24.5. The number of pyridine rings is 1. The summed E-state index contributed by atoms with van der Waals surface area (Å²) in [4.78, 5) is 19.2. The van der Waals surface area contributed by atoms with Gasteiger partial charge in [0.25, 0.3) is 0 Å². The second-order valence-corrected chi connectivity index (χ2v) is 6.47. The molecule has 126 valence electrons. The van der Waals surface area contributed by atoms with Crippen molar-refractivity contribution in [1.82, 2.24) is 15.2 Å². The topological polar surface area (TPSA) is 63.7 Å². The standard InChI is InChI=1S/C18H21N3O3/c1-23-16-4-2-3-12-5-6-14(19-17(12)16)8-21-7-13-10-24-11-15(9-21)20-18(13)22/h2-6,13,15H,7-11H2,1H3,(H,20,22)/t13-,15+/m1/s1. The van der Waals surface area contributed by atoms with Gasteiger partial charge in [0.1, 0.15) is 11.3 Å². The number of amides is 1. The molecule has 1 N–H and O–H groups in total. The van der Waals surface area contributed by atoms with E-state index < -0.39 is 0 Å². The predicted molar refractivity (Wildman–Crippen MR) is 89.8 cm³/mol. The third-order valence-corrected chi connectivity index (χ3v) is 4.66. The quantitative estimate of drug-likeness (QED) is 0.917. The average Bonchev–Trinajstić information content (AvgIpc) is 2.83. The fourth-order valence-electron chi connectivity index (χ4n) is 3.49. The average molecular weight is 327 g/mol. The highest BCUT2D eigenvalue weighted by atomic mass is 16.5. The van der Waals surface area contributed by atoms with Gasteiger partial charge in [0, 0.05) is 25.0 Å². The van der Waals surface area contributed by atoms with Crippen LogP contribution in [0.5, 0.6) is 5.75 Å². The van der Waals surface area contributed by atoms with E-state index in [1.54, 1.807) is 7.11 Å². The lowest BCUT2D eigenvalue weighted by molar-refractivity contribution is -0.125. The molecule has 2 bridgehead atoms. The second-order valence-electron chi connectivity index (χ2n) is 6.47. The van der Waals surface area contributed by atoms with E-state index in [1.807, 2.05) is 24.3 Å². The van der Waals surface area contributed by atoms with Crippen molar-refractivity contribution in [3.05, 3.63) is 36.0 Å². The Bertz CT molecular complexity index is 764. The predicted octanol–water partition coefficient (Wildman–Crippen LogP) is 1.19. The van der Waals surface area contributed by atoms with Crippen molar-refractivity contribution < 1.29 is 14.3 Å². The maximum atomic E-state index is 12.1. The van der Waals surface area contributed by atoms with Crippen LogP contribution in [0.15, 0.2) is 30.3 Å². The van der Waals surface area contributed by atoms with E-state index in [-0.39, 0.29) is 17.9 Å². The summed E-state index contributed by atoms with van der Waals surface area (Å²) in [5, 5.41) is 4.12. The SMILES string of the molecule is COc1cccc2ccc(CN3C[C@H]4COC[C@@H](C3)C(=O)N4)nc12. The third kappa shape index (κ3) is 2.95. The van der Waals surface area contributed by atoms with E-state index >= 15 is 0 Å². The van der Waals surface area contributed by atoms with Crippen molar-refractivity contribution in [2.45, 2.75) is 12.6 Å². The lowest BCUT2D eigenvalue weighted by Gasteiger charge is -2.27. The van der Waals surface area contributed by atoms with Gasteiger partial charge in [-0.2, -0.15) is 0 Å². The largest absolute Gasteiger partial charge is 0.494 e. The van der Waals surface area contributed by atoms with E-state index in [0.717, 1.165) is 35.4 Å². The monoisotopic (exact) mass is 327 g/mol. The van der Waals surface area contributed by atoms with Gasteiger partial charge >= 0.3 is 0 Å². The Labute approximate surface area is 140 Å². The van der Waals surface area contributed by atoms with Gasteiger partial charge in [-0.05, 0) is 12.1 Å². The van der Waals surface area contributed by atoms with Gasteiger partial charge in [0.05, 0.1) is 38.0 Å². The zero-order valence-corrected chi connectivity index (χ0v) is 13.7. The summed E-state index contributed by atoms with van der Waals surface area (Å²) < 4.78 is 11.0. The maximum absolute atomic E-state index is 12.1. The molecule has 6 heteroatoms. The number of aromatic nitrogens is 1. The van der Waals surface area contributed by atoms with Crippen molar-refractivity contribution in [3.63, 3.8) is 0 Å². The van der Waals surface area contributed by atoms with Crippen LogP contribution in [0.4, 0.5) is 0 Å². The molecule has 2 saturated heterocycles. The number of hydrogen-bond donors (Lipinski definition) is 1. The Morgan fingerprint density at radius 3 is 3.08 bits per heavy atom. The van der Waals surface area contributed by atoms with Crippen LogP contribution >= 0.6 is 0 Å². The first-order valence-corrected chi connectivity index (χ1v) is 8.26. The Hall–Kier alpha value is -2.18. The smallest absolute Gasteiger partial charge is 0.227 e. The van der Waals surface area contributed by atoms with Crippen molar-refractivity contribution >= 4 is 16.8 Å². The minimum absolute atomic E-state index is 0.0555. The van der Waals surface area contributed by atoms with Crippen LogP contribution in [0.3, 0.4) is 0 Å². The molecule has 2 aromatic rings. The Kier molecular flexibility index (Phi) is 4.08. The first-order chi connectivity index (χ1) is 11.7. The number of carbonyl (C=O) groups is 1. The highest BCUT2D eigenvalue weighted by Crippen LogP contribution is 2.24. The van der Waals surface area contributed by atoms with E-state index in [2.05, 4.69) is 16.3 Å². The van der Waals surface area contributed by atoms with Crippen LogP contribution in [0.2, 0.25) is 0 Å². The second kappa shape index (κ2) is 6.37. The van der Waals surface area contributed by atoms with Crippen LogP contribution < -0.4 is 10.1 Å². The molecule has 1 aromatic heterocycles. The van der Waals surface area contributed by atoms with Crippen molar-refractivity contribution in [1.29, 1.82) is 0 Å². The Morgan fingerprint density at radius 1 is 1.29 bits per heavy atom. The summed E-state index contributed by atoms with van der Waals surface area (Å²) in [5.41, 5.74) is 1.87. The fourth-order valence-corrected chi connectivity index (χ4v) is 3.49. The first kappa shape index (κ1) is 15.4. The number of carbonyl (C=O) groups excluding carboxylic acids is 1. The molecule has 2 fully saturated rings. The minimum Gasteiger partial charge on any atom is -0.494 e. The molecule has 0 saturated carbocycles. The van der Waals surface area contributed by atoms with Crippen molar-refractivity contribution in [3.8, 4) is 5.75 Å². The third-order valence-electron chi connectivity index (χ3n) is 4.66. The molecular weight excluding hydrogens is 306 g/mol. The zero-order chi connectivity index (χ0) is 16.5. The number of benzene rings is 1. The molecule has 24 heavy (non-hydrogen) atoms. The molecular formula is C18H21N3O3. The molecule has 4 rings (SSSR count). The van der Waals surface area contributed by atoms with Crippen LogP contribution in [0.1, 0.15) is 5.69 Å². The number of hydrogen-bond acceptors (Lipinski definition) is 5. The molecule has 0 spiro atoms. The number of fused-ring (bicyclic) bond motifs is 4. The molecule has 0 radical (unpaired) electrons. The van der Waals surface area contributed by atoms with Crippen molar-refractivity contribution in [2.24, 2.45) is 5.92 Å². The highest BCUT2D eigenvalue weighted by molar-refractivity contribution is 5.84. The number of para-hydroxylation sites is 1. The summed E-state index contributed by atoms with van der Waals surface area (Å²) in [7, 11) is 1.66. The highest BCUT2D eigenvalue weighted by Gasteiger charge is 2.33. The summed E-state index contributed by atoms with van der Waals surface area (Å²) in [6, 6.07) is 10.1. The van der Waals surface area contributed by atoms with Crippen LogP contribution in [0, 0.1) is 5.92 Å². The molecule has 2 aliphatic rings. The minimum atomic E-state index is -0.104. The summed E-state index contributed by atoms with van der Waals surface area (Å²) in [6.45, 7) is 3.29. The molecule has 6 nitrogen and oxygen atoms in total. The number of ether oxygens (including phenoxy) is 2. The van der Waals surface area contributed by atoms with E-state index in [9.17, 15) is 4.79 Å². The van der Waals surface area contributed by atoms with E-state index in [4.69, 9.17) is 14.5 Å². The molecule has 1 aromatic carbocycles. The van der Waals surface area contributed by atoms with Crippen LogP contribution in [0.25, 0.3) is 10.9 Å². The van der Waals surface area contributed by atoms with Gasteiger partial charge in [0.15, 0.2) is 0 Å². The van der Waals surface area contributed by atoms with Crippen LogP contribution in [-0.2, 0) is 16.1 Å². The van der Waals surface area contributed by atoms with Gasteiger partial charge in [-0.3, -0.25) is 9.69 Å². The van der Waals surface area contributed by atoms with Crippen molar-refractivity contribution in [2.75, 3.05) is 33.4 Å². The number of methoxy groups -OCH3 is 1. The molecule has 2 aliphatic heterocycles. The number of rotatable bonds is 3. The molecule has 1 amide bonds. The summed E-state index contributed by atoms with van der Waals surface area (Å²) >= 11 is 0. The van der Waals surface area contributed by atoms with Gasteiger partial charge in [0.2, 0.25) is 5.91 Å². The van der Waals surface area contributed by atoms with Crippen LogP contribution in [-0.4, -0.2) is 55.2 Å².